The quantitative estimate of drug-likeness (QED) is 0.785. The second-order valence-electron chi connectivity index (χ2n) is 3.87. The van der Waals surface area contributed by atoms with Crippen molar-refractivity contribution in [1.29, 1.82) is 0 Å². The first-order valence-corrected chi connectivity index (χ1v) is 8.34. The average molecular weight is 292 g/mol. The standard InChI is InChI=1S/C11H17FN2O2S2/c1-3-9(7-17-2)14-18(15,16)11-6-8(13)4-5-10(11)12/h4-6,9,14H,3,7,13H2,1-2H3. The molecule has 0 saturated heterocycles. The number of benzene rings is 1. The Labute approximate surface area is 111 Å². The molecule has 102 valence electrons. The van der Waals surface area contributed by atoms with Crippen LogP contribution in [0.25, 0.3) is 0 Å². The molecular formula is C11H17FN2O2S2. The number of nitrogens with two attached hydrogens (primary N) is 1. The Balaban J connectivity index is 3.02. The summed E-state index contributed by atoms with van der Waals surface area (Å²) in [4.78, 5) is -0.401. The largest absolute Gasteiger partial charge is 0.399 e. The van der Waals surface area contributed by atoms with Gasteiger partial charge in [-0.1, -0.05) is 6.92 Å². The van der Waals surface area contributed by atoms with Gasteiger partial charge in [0.1, 0.15) is 10.7 Å². The summed E-state index contributed by atoms with van der Waals surface area (Å²) < 4.78 is 40.1. The monoisotopic (exact) mass is 292 g/mol. The highest BCUT2D eigenvalue weighted by molar-refractivity contribution is 7.98. The smallest absolute Gasteiger partial charge is 0.243 e. The number of nitrogen functional groups attached to an aromatic ring is 1. The number of anilines is 1. The molecule has 0 heterocycles. The summed E-state index contributed by atoms with van der Waals surface area (Å²) in [6.45, 7) is 1.87. The molecule has 0 aromatic heterocycles. The van der Waals surface area contributed by atoms with Crippen molar-refractivity contribution in [2.75, 3.05) is 17.7 Å². The van der Waals surface area contributed by atoms with Crippen molar-refractivity contribution in [2.45, 2.75) is 24.3 Å². The highest BCUT2D eigenvalue weighted by Gasteiger charge is 2.22. The highest BCUT2D eigenvalue weighted by Crippen LogP contribution is 2.18. The van der Waals surface area contributed by atoms with Crippen molar-refractivity contribution in [2.24, 2.45) is 0 Å². The lowest BCUT2D eigenvalue weighted by Crippen LogP contribution is -2.36. The molecule has 0 bridgehead atoms. The molecule has 1 unspecified atom stereocenters. The van der Waals surface area contributed by atoms with Crippen LogP contribution in [-0.4, -0.2) is 26.5 Å². The fourth-order valence-electron chi connectivity index (χ4n) is 1.45. The first-order chi connectivity index (χ1) is 8.40. The molecule has 0 amide bonds. The lowest BCUT2D eigenvalue weighted by atomic mass is 10.3. The van der Waals surface area contributed by atoms with Crippen LogP contribution in [0.3, 0.4) is 0 Å². The Morgan fingerprint density at radius 2 is 2.17 bits per heavy atom. The van der Waals surface area contributed by atoms with Crippen LogP contribution >= 0.6 is 11.8 Å². The summed E-state index contributed by atoms with van der Waals surface area (Å²) in [5.41, 5.74) is 5.70. The van der Waals surface area contributed by atoms with Crippen LogP contribution in [0, 0.1) is 5.82 Å². The van der Waals surface area contributed by atoms with E-state index in [1.807, 2.05) is 13.2 Å². The van der Waals surface area contributed by atoms with E-state index >= 15 is 0 Å². The van der Waals surface area contributed by atoms with Crippen molar-refractivity contribution in [1.82, 2.24) is 4.72 Å². The van der Waals surface area contributed by atoms with E-state index in [-0.39, 0.29) is 11.7 Å². The molecule has 0 saturated carbocycles. The Hall–Kier alpha value is -0.790. The fraction of sp³-hybridized carbons (Fsp3) is 0.455. The van der Waals surface area contributed by atoms with E-state index in [1.165, 1.54) is 17.8 Å². The first kappa shape index (κ1) is 15.3. The van der Waals surface area contributed by atoms with Crippen LogP contribution in [0.5, 0.6) is 0 Å². The Morgan fingerprint density at radius 3 is 2.72 bits per heavy atom. The third-order valence-electron chi connectivity index (χ3n) is 2.43. The third kappa shape index (κ3) is 3.86. The van der Waals surface area contributed by atoms with Gasteiger partial charge in [-0.3, -0.25) is 0 Å². The van der Waals surface area contributed by atoms with Gasteiger partial charge in [0, 0.05) is 17.5 Å². The van der Waals surface area contributed by atoms with Gasteiger partial charge in [-0.15, -0.1) is 0 Å². The van der Waals surface area contributed by atoms with Crippen LogP contribution in [0.15, 0.2) is 23.1 Å². The van der Waals surface area contributed by atoms with Gasteiger partial charge in [0.2, 0.25) is 10.0 Å². The van der Waals surface area contributed by atoms with E-state index in [0.717, 1.165) is 12.1 Å². The van der Waals surface area contributed by atoms with Crippen molar-refractivity contribution < 1.29 is 12.8 Å². The maximum absolute atomic E-state index is 13.5. The highest BCUT2D eigenvalue weighted by atomic mass is 32.2. The molecule has 0 radical (unpaired) electrons. The van der Waals surface area contributed by atoms with Crippen molar-refractivity contribution in [3.05, 3.63) is 24.0 Å². The van der Waals surface area contributed by atoms with E-state index < -0.39 is 20.7 Å². The summed E-state index contributed by atoms with van der Waals surface area (Å²) in [5, 5.41) is 0. The number of hydrogen-bond donors (Lipinski definition) is 2. The zero-order chi connectivity index (χ0) is 13.8. The fourth-order valence-corrected chi connectivity index (χ4v) is 3.70. The van der Waals surface area contributed by atoms with E-state index in [2.05, 4.69) is 4.72 Å². The molecule has 3 N–H and O–H groups in total. The van der Waals surface area contributed by atoms with Gasteiger partial charge >= 0.3 is 0 Å². The minimum Gasteiger partial charge on any atom is -0.399 e. The molecule has 7 heteroatoms. The molecule has 0 aliphatic rings. The van der Waals surface area contributed by atoms with Gasteiger partial charge in [-0.05, 0) is 30.9 Å². The zero-order valence-corrected chi connectivity index (χ0v) is 11.9. The molecular weight excluding hydrogens is 275 g/mol. The van der Waals surface area contributed by atoms with E-state index in [0.29, 0.717) is 12.2 Å². The number of nitrogens with one attached hydrogen (secondary N) is 1. The van der Waals surface area contributed by atoms with Gasteiger partial charge in [0.05, 0.1) is 0 Å². The molecule has 1 atom stereocenters. The molecule has 0 aliphatic heterocycles. The van der Waals surface area contributed by atoms with Gasteiger partial charge < -0.3 is 5.73 Å². The normalized spacial score (nSPS) is 13.5. The van der Waals surface area contributed by atoms with Crippen molar-refractivity contribution >= 4 is 27.5 Å². The minimum absolute atomic E-state index is 0.217. The molecule has 0 fully saturated rings. The molecule has 1 rings (SSSR count). The lowest BCUT2D eigenvalue weighted by Gasteiger charge is -2.16. The van der Waals surface area contributed by atoms with Gasteiger partial charge in [-0.25, -0.2) is 17.5 Å². The molecule has 1 aromatic carbocycles. The molecule has 1 aromatic rings. The maximum Gasteiger partial charge on any atom is 0.243 e. The van der Waals surface area contributed by atoms with Crippen molar-refractivity contribution in [3.8, 4) is 0 Å². The first-order valence-electron chi connectivity index (χ1n) is 5.47. The molecule has 0 spiro atoms. The number of hydrogen-bond acceptors (Lipinski definition) is 4. The van der Waals surface area contributed by atoms with E-state index in [9.17, 15) is 12.8 Å². The Kier molecular flexibility index (Phi) is 5.43. The van der Waals surface area contributed by atoms with Gasteiger partial charge in [-0.2, -0.15) is 11.8 Å². The van der Waals surface area contributed by atoms with Crippen molar-refractivity contribution in [3.63, 3.8) is 0 Å². The van der Waals surface area contributed by atoms with Crippen LogP contribution in [0.2, 0.25) is 0 Å². The minimum atomic E-state index is -3.87. The van der Waals surface area contributed by atoms with Crippen LogP contribution in [0.4, 0.5) is 10.1 Å². The van der Waals surface area contributed by atoms with E-state index in [4.69, 9.17) is 5.73 Å². The molecule has 4 nitrogen and oxygen atoms in total. The summed E-state index contributed by atoms with van der Waals surface area (Å²) in [7, 11) is -3.87. The SMILES string of the molecule is CCC(CSC)NS(=O)(=O)c1cc(N)ccc1F. The number of thioether (sulfide) groups is 1. The van der Waals surface area contributed by atoms with Gasteiger partial charge in [0.15, 0.2) is 0 Å². The predicted molar refractivity (Wildman–Crippen MR) is 73.6 cm³/mol. The Bertz CT molecular complexity index is 506. The summed E-state index contributed by atoms with van der Waals surface area (Å²) >= 11 is 1.53. The summed E-state index contributed by atoms with van der Waals surface area (Å²) in [6.07, 6.45) is 2.53. The number of rotatable bonds is 6. The Morgan fingerprint density at radius 1 is 1.50 bits per heavy atom. The number of halogens is 1. The molecule has 0 aliphatic carbocycles. The van der Waals surface area contributed by atoms with Crippen LogP contribution in [-0.2, 0) is 10.0 Å². The average Bonchev–Trinajstić information content (AvgIpc) is 2.31. The van der Waals surface area contributed by atoms with Gasteiger partial charge in [0.25, 0.3) is 0 Å². The third-order valence-corrected chi connectivity index (χ3v) is 4.70. The molecule has 18 heavy (non-hydrogen) atoms. The second kappa shape index (κ2) is 6.40. The summed E-state index contributed by atoms with van der Waals surface area (Å²) in [6, 6.07) is 3.29. The maximum atomic E-state index is 13.5. The van der Waals surface area contributed by atoms with E-state index in [1.54, 1.807) is 0 Å². The van der Waals surface area contributed by atoms with Crippen LogP contribution in [0.1, 0.15) is 13.3 Å². The number of sulfonamides is 1. The zero-order valence-electron chi connectivity index (χ0n) is 10.3. The lowest BCUT2D eigenvalue weighted by molar-refractivity contribution is 0.541. The summed E-state index contributed by atoms with van der Waals surface area (Å²) in [5.74, 6) is -0.157. The van der Waals surface area contributed by atoms with Crippen LogP contribution < -0.4 is 10.5 Å². The topological polar surface area (TPSA) is 72.2 Å². The predicted octanol–water partition coefficient (Wildman–Crippen LogP) is 1.83. The second-order valence-corrected chi connectivity index (χ2v) is 6.46.